The summed E-state index contributed by atoms with van der Waals surface area (Å²) in [5.41, 5.74) is 9.05. The number of rotatable bonds is 6. The van der Waals surface area contributed by atoms with Crippen LogP contribution in [0.1, 0.15) is 42.6 Å². The van der Waals surface area contributed by atoms with Gasteiger partial charge in [0, 0.05) is 36.6 Å². The van der Waals surface area contributed by atoms with E-state index in [1.807, 2.05) is 52.2 Å². The van der Waals surface area contributed by atoms with Gasteiger partial charge in [-0.2, -0.15) is 13.2 Å². The minimum absolute atomic E-state index is 0.0104. The van der Waals surface area contributed by atoms with Crippen molar-refractivity contribution in [3.05, 3.63) is 83.4 Å². The SMILES string of the molecule is Cc1nc2cc(SN(C)c3ccc(C4CC(N)CC(C(=O)Nc5ccc(C(F)(F)F)cc5F)[C@@H]4C)cc3)ccc2n1C.O=CO. The molecule has 1 heterocycles. The average molecular weight is 646 g/mol. The molecule has 13 heteroatoms. The second kappa shape index (κ2) is 13.9. The summed E-state index contributed by atoms with van der Waals surface area (Å²) in [4.78, 5) is 27.2. The summed E-state index contributed by atoms with van der Waals surface area (Å²) in [6.07, 6.45) is -3.58. The zero-order chi connectivity index (χ0) is 33.1. The van der Waals surface area contributed by atoms with Crippen molar-refractivity contribution >= 4 is 46.7 Å². The number of anilines is 2. The number of aryl methyl sites for hydroxylation is 2. The Morgan fingerprint density at radius 3 is 2.42 bits per heavy atom. The van der Waals surface area contributed by atoms with Gasteiger partial charge >= 0.3 is 6.18 Å². The van der Waals surface area contributed by atoms with Gasteiger partial charge < -0.3 is 25.0 Å². The molecular weight excluding hydrogens is 610 g/mol. The molecule has 1 aromatic heterocycles. The van der Waals surface area contributed by atoms with Crippen molar-refractivity contribution in [2.24, 2.45) is 24.6 Å². The molecule has 5 rings (SSSR count). The lowest BCUT2D eigenvalue weighted by Crippen LogP contribution is -2.42. The lowest BCUT2D eigenvalue weighted by Gasteiger charge is -2.38. The molecule has 3 aromatic carbocycles. The normalized spacial score (nSPS) is 19.8. The highest BCUT2D eigenvalue weighted by Gasteiger charge is 2.39. The summed E-state index contributed by atoms with van der Waals surface area (Å²) >= 11 is 1.60. The number of carboxylic acid groups (broad SMARTS) is 1. The van der Waals surface area contributed by atoms with Crippen LogP contribution in [0, 0.1) is 24.6 Å². The number of halogens is 4. The summed E-state index contributed by atoms with van der Waals surface area (Å²) in [6, 6.07) is 16.2. The van der Waals surface area contributed by atoms with Crippen LogP contribution in [0.25, 0.3) is 11.0 Å². The summed E-state index contributed by atoms with van der Waals surface area (Å²) in [5, 5.41) is 9.38. The number of nitrogens with two attached hydrogens (primary N) is 1. The van der Waals surface area contributed by atoms with Gasteiger partial charge in [0.1, 0.15) is 11.6 Å². The number of nitrogens with one attached hydrogen (secondary N) is 1. The van der Waals surface area contributed by atoms with Crippen LogP contribution >= 0.6 is 11.9 Å². The fourth-order valence-corrected chi connectivity index (χ4v) is 6.60. The molecule has 1 fully saturated rings. The van der Waals surface area contributed by atoms with Crippen molar-refractivity contribution in [2.45, 2.75) is 49.7 Å². The lowest BCUT2D eigenvalue weighted by molar-refractivity contribution is -0.137. The van der Waals surface area contributed by atoms with Crippen molar-refractivity contribution in [1.29, 1.82) is 0 Å². The van der Waals surface area contributed by atoms with Gasteiger partial charge in [0.15, 0.2) is 0 Å². The number of nitrogens with zero attached hydrogens (tertiary/aromatic N) is 3. The van der Waals surface area contributed by atoms with E-state index in [-0.39, 0.29) is 30.0 Å². The number of carbonyl (C=O) groups is 2. The molecule has 45 heavy (non-hydrogen) atoms. The Kier molecular flexibility index (Phi) is 10.4. The summed E-state index contributed by atoms with van der Waals surface area (Å²) < 4.78 is 57.3. The third-order valence-corrected chi connectivity index (χ3v) is 9.23. The number of hydrogen-bond acceptors (Lipinski definition) is 6. The molecule has 4 aromatic rings. The maximum atomic E-state index is 14.4. The predicted molar refractivity (Wildman–Crippen MR) is 167 cm³/mol. The molecule has 0 aliphatic heterocycles. The number of alkyl halides is 3. The Hall–Kier alpha value is -4.10. The van der Waals surface area contributed by atoms with Crippen LogP contribution in [0.2, 0.25) is 0 Å². The number of hydrogen-bond donors (Lipinski definition) is 3. The van der Waals surface area contributed by atoms with Crippen LogP contribution in [0.15, 0.2) is 65.6 Å². The first kappa shape index (κ1) is 33.8. The quantitative estimate of drug-likeness (QED) is 0.118. The highest BCUT2D eigenvalue weighted by atomic mass is 32.2. The van der Waals surface area contributed by atoms with Gasteiger partial charge in [-0.05, 0) is 97.6 Å². The molecule has 4 atom stereocenters. The van der Waals surface area contributed by atoms with Crippen molar-refractivity contribution < 1.29 is 32.3 Å². The minimum Gasteiger partial charge on any atom is -0.483 e. The first-order chi connectivity index (χ1) is 21.2. The number of fused-ring (bicyclic) bond motifs is 1. The van der Waals surface area contributed by atoms with E-state index >= 15 is 0 Å². The zero-order valence-corrected chi connectivity index (χ0v) is 26.0. The highest BCUT2D eigenvalue weighted by Crippen LogP contribution is 2.42. The van der Waals surface area contributed by atoms with E-state index in [9.17, 15) is 22.4 Å². The molecule has 1 saturated carbocycles. The van der Waals surface area contributed by atoms with Gasteiger partial charge in [-0.1, -0.05) is 19.1 Å². The Morgan fingerprint density at radius 2 is 1.80 bits per heavy atom. The van der Waals surface area contributed by atoms with Crippen molar-refractivity contribution in [2.75, 3.05) is 16.7 Å². The number of carbonyl (C=O) groups excluding carboxylic acids is 1. The highest BCUT2D eigenvalue weighted by molar-refractivity contribution is 8.00. The monoisotopic (exact) mass is 645 g/mol. The van der Waals surface area contributed by atoms with Gasteiger partial charge in [0.05, 0.1) is 22.3 Å². The summed E-state index contributed by atoms with van der Waals surface area (Å²) in [5.74, 6) is -1.27. The molecule has 4 N–H and O–H groups in total. The maximum Gasteiger partial charge on any atom is 0.416 e. The number of amides is 1. The van der Waals surface area contributed by atoms with Crippen LogP contribution in [0.4, 0.5) is 28.9 Å². The van der Waals surface area contributed by atoms with E-state index in [2.05, 4.69) is 37.4 Å². The maximum absolute atomic E-state index is 14.4. The van der Waals surface area contributed by atoms with Crippen LogP contribution in [-0.2, 0) is 22.8 Å². The third kappa shape index (κ3) is 7.77. The topological polar surface area (TPSA) is 113 Å². The van der Waals surface area contributed by atoms with Crippen LogP contribution in [0.3, 0.4) is 0 Å². The Balaban J connectivity index is 0.00000148. The first-order valence-corrected chi connectivity index (χ1v) is 15.0. The Labute approximate surface area is 262 Å². The molecule has 1 aliphatic carbocycles. The van der Waals surface area contributed by atoms with Gasteiger partial charge in [-0.3, -0.25) is 9.59 Å². The molecule has 1 aliphatic rings. The molecule has 0 spiro atoms. The lowest BCUT2D eigenvalue weighted by atomic mass is 9.68. The molecule has 1 amide bonds. The number of benzene rings is 3. The van der Waals surface area contributed by atoms with Crippen molar-refractivity contribution in [1.82, 2.24) is 9.55 Å². The molecule has 3 unspecified atom stereocenters. The molecule has 240 valence electrons. The fourth-order valence-electron chi connectivity index (χ4n) is 5.76. The van der Waals surface area contributed by atoms with Crippen LogP contribution in [-0.4, -0.2) is 40.1 Å². The summed E-state index contributed by atoms with van der Waals surface area (Å²) in [6.45, 7) is 3.70. The largest absolute Gasteiger partial charge is 0.483 e. The molecule has 0 radical (unpaired) electrons. The molecule has 0 bridgehead atoms. The van der Waals surface area contributed by atoms with E-state index in [1.165, 1.54) is 0 Å². The van der Waals surface area contributed by atoms with Crippen LogP contribution in [0.5, 0.6) is 0 Å². The molecule has 8 nitrogen and oxygen atoms in total. The first-order valence-electron chi connectivity index (χ1n) is 14.2. The van der Waals surface area contributed by atoms with E-state index in [0.29, 0.717) is 18.9 Å². The van der Waals surface area contributed by atoms with E-state index in [0.717, 1.165) is 45.1 Å². The standard InChI is InChI=1S/C31H33F4N5OS.CH2O2/c1-17-24(14-21(36)15-25(17)30(41)38-27-11-7-20(13-26(27)32)31(33,34)35)19-5-8-22(9-6-19)40(4)42-23-10-12-29-28(16-23)37-18(2)39(29)3;2-1-3/h5-13,16-17,21,24-25H,14-15,36H2,1-4H3,(H,38,41);1H,(H,2,3)/t17-,21?,24?,25?;/m1./s1. The molecule has 0 saturated heterocycles. The average Bonchev–Trinajstić information content (AvgIpc) is 3.27. The predicted octanol–water partition coefficient (Wildman–Crippen LogP) is 6.98. The Bertz CT molecular complexity index is 1660. The fraction of sp³-hybridized carbons (Fsp3) is 0.344. The Morgan fingerprint density at radius 1 is 1.13 bits per heavy atom. The molecular formula is C32H35F4N5O3S. The second-order valence-electron chi connectivity index (χ2n) is 11.1. The van der Waals surface area contributed by atoms with Crippen molar-refractivity contribution in [3.63, 3.8) is 0 Å². The van der Waals surface area contributed by atoms with E-state index in [4.69, 9.17) is 15.6 Å². The van der Waals surface area contributed by atoms with E-state index in [1.54, 1.807) is 11.9 Å². The van der Waals surface area contributed by atoms with Gasteiger partial charge in [-0.25, -0.2) is 9.37 Å². The zero-order valence-electron chi connectivity index (χ0n) is 25.2. The third-order valence-electron chi connectivity index (χ3n) is 8.28. The minimum atomic E-state index is -4.67. The van der Waals surface area contributed by atoms with E-state index < -0.39 is 29.4 Å². The van der Waals surface area contributed by atoms with Crippen LogP contribution < -0.4 is 15.4 Å². The van der Waals surface area contributed by atoms with Crippen molar-refractivity contribution in [3.8, 4) is 0 Å². The van der Waals surface area contributed by atoms with Gasteiger partial charge in [-0.15, -0.1) is 0 Å². The van der Waals surface area contributed by atoms with Gasteiger partial charge in [0.25, 0.3) is 6.47 Å². The smallest absolute Gasteiger partial charge is 0.416 e. The number of aromatic nitrogens is 2. The number of imidazole rings is 1. The van der Waals surface area contributed by atoms with Gasteiger partial charge in [0.2, 0.25) is 5.91 Å². The summed E-state index contributed by atoms with van der Waals surface area (Å²) in [7, 11) is 3.99. The second-order valence-corrected chi connectivity index (χ2v) is 12.3.